The minimum absolute atomic E-state index is 0.00671. The number of aromatic hydroxyl groups is 2. The summed E-state index contributed by atoms with van der Waals surface area (Å²) < 4.78 is 0. The van der Waals surface area contributed by atoms with Crippen molar-refractivity contribution < 1.29 is 10.2 Å². The third-order valence-corrected chi connectivity index (χ3v) is 19.0. The zero-order valence-electron chi connectivity index (χ0n) is 42.4. The number of aromatic nitrogens is 1. The van der Waals surface area contributed by atoms with Crippen LogP contribution < -0.4 is 0 Å². The summed E-state index contributed by atoms with van der Waals surface area (Å²) >= 11 is 0. The summed E-state index contributed by atoms with van der Waals surface area (Å²) in [7, 11) is 0. The topological polar surface area (TPSA) is 53.4 Å². The molecule has 0 spiro atoms. The zero-order valence-corrected chi connectivity index (χ0v) is 42.4. The van der Waals surface area contributed by atoms with Gasteiger partial charge in [-0.3, -0.25) is 4.98 Å². The van der Waals surface area contributed by atoms with E-state index in [-0.39, 0.29) is 33.0 Å². The Morgan fingerprint density at radius 1 is 0.485 bits per heavy atom. The maximum atomic E-state index is 12.9. The van der Waals surface area contributed by atoms with E-state index in [0.717, 1.165) is 89.7 Å². The molecule has 5 aromatic rings. The highest BCUT2D eigenvalue weighted by molar-refractivity contribution is 5.87. The van der Waals surface area contributed by atoms with E-state index < -0.39 is 0 Å². The van der Waals surface area contributed by atoms with E-state index in [4.69, 9.17) is 4.98 Å². The van der Waals surface area contributed by atoms with Crippen LogP contribution in [0.4, 0.5) is 0 Å². The minimum Gasteiger partial charge on any atom is -0.507 e. The van der Waals surface area contributed by atoms with Crippen LogP contribution in [0.5, 0.6) is 11.5 Å². The number of nitrogens with zero attached hydrogens (tertiary/aromatic N) is 1. The molecule has 0 radical (unpaired) electrons. The lowest BCUT2D eigenvalue weighted by Crippen LogP contribution is -2.64. The second kappa shape index (κ2) is 14.1. The first-order valence-corrected chi connectivity index (χ1v) is 25.8. The summed E-state index contributed by atoms with van der Waals surface area (Å²) in [5.41, 5.74) is 15.5. The monoisotopic (exact) mass is 880 g/mol. The number of phenolic OH excluding ortho intramolecular Hbond substituents is 2. The molecule has 4 aromatic carbocycles. The van der Waals surface area contributed by atoms with E-state index in [0.29, 0.717) is 39.6 Å². The van der Waals surface area contributed by atoms with Crippen molar-refractivity contribution in [1.82, 2.24) is 4.98 Å². The smallest absolute Gasteiger partial charge is 0.127 e. The van der Waals surface area contributed by atoms with E-state index in [9.17, 15) is 10.2 Å². The van der Waals surface area contributed by atoms with Crippen molar-refractivity contribution in [3.63, 3.8) is 0 Å². The predicted octanol–water partition coefficient (Wildman–Crippen LogP) is 17.0. The molecule has 8 aliphatic carbocycles. The molecule has 0 aliphatic heterocycles. The molecule has 66 heavy (non-hydrogen) atoms. The molecular weight excluding hydrogens is 803 g/mol. The fourth-order valence-corrected chi connectivity index (χ4v) is 19.6. The van der Waals surface area contributed by atoms with Crippen molar-refractivity contribution in [2.45, 2.75) is 182 Å². The van der Waals surface area contributed by atoms with Gasteiger partial charge in [0.15, 0.2) is 0 Å². The van der Waals surface area contributed by atoms with Gasteiger partial charge in [-0.15, -0.1) is 0 Å². The first kappa shape index (κ1) is 44.2. The molecule has 346 valence electrons. The molecule has 1 aromatic heterocycles. The highest BCUT2D eigenvalue weighted by atomic mass is 16.3. The molecule has 8 bridgehead atoms. The second-order valence-corrected chi connectivity index (χ2v) is 27.1. The Kier molecular flexibility index (Phi) is 9.44. The summed E-state index contributed by atoms with van der Waals surface area (Å²) in [6.45, 7) is 28.8. The number of rotatable bonds is 8. The number of phenols is 2. The van der Waals surface area contributed by atoms with E-state index in [2.05, 4.69) is 168 Å². The van der Waals surface area contributed by atoms with Crippen molar-refractivity contribution in [2.24, 2.45) is 32.5 Å². The van der Waals surface area contributed by atoms with Gasteiger partial charge in [0.25, 0.3) is 0 Å². The Morgan fingerprint density at radius 2 is 0.985 bits per heavy atom. The SMILES string of the molecule is Cc1cc(-c2ccc(C(C)C)cc2-c2cccc(C3C4(C)C[C@]5(C)CC3(c3cc(C)cc(-c6ccc(C(C)C)cc6)c3O)C[C@@](C)(C4)C5)n2)c(O)c(C23CC4(C)CC(C)(CC(C)(C4)C2)C3)c1. The summed E-state index contributed by atoms with van der Waals surface area (Å²) in [5.74, 6) is 1.83. The zero-order chi connectivity index (χ0) is 46.8. The van der Waals surface area contributed by atoms with E-state index in [1.54, 1.807) is 0 Å². The Hall–Kier alpha value is -4.37. The van der Waals surface area contributed by atoms with Crippen LogP contribution in [0, 0.1) is 46.3 Å². The second-order valence-electron chi connectivity index (χ2n) is 27.1. The summed E-state index contributed by atoms with van der Waals surface area (Å²) in [4.78, 5) is 5.89. The van der Waals surface area contributed by atoms with Gasteiger partial charge in [0, 0.05) is 50.3 Å². The van der Waals surface area contributed by atoms with Gasteiger partial charge in [0.2, 0.25) is 0 Å². The molecule has 1 unspecified atom stereocenters. The van der Waals surface area contributed by atoms with Gasteiger partial charge in [-0.05, 0) is 193 Å². The van der Waals surface area contributed by atoms with Crippen LogP contribution in [0.15, 0.2) is 84.9 Å². The van der Waals surface area contributed by atoms with Crippen molar-refractivity contribution in [3.05, 3.63) is 124 Å². The van der Waals surface area contributed by atoms with Gasteiger partial charge in [0.1, 0.15) is 11.5 Å². The molecule has 2 N–H and O–H groups in total. The van der Waals surface area contributed by atoms with E-state index >= 15 is 0 Å². The van der Waals surface area contributed by atoms with Crippen molar-refractivity contribution >= 4 is 0 Å². The largest absolute Gasteiger partial charge is 0.507 e. The number of aryl methyl sites for hydroxylation is 2. The summed E-state index contributed by atoms with van der Waals surface area (Å²) in [6, 6.07) is 31.8. The molecular formula is C63H77NO2. The van der Waals surface area contributed by atoms with Gasteiger partial charge in [-0.2, -0.15) is 0 Å². The molecule has 1 heterocycles. The molecule has 8 saturated carbocycles. The van der Waals surface area contributed by atoms with Gasteiger partial charge < -0.3 is 10.2 Å². The average molecular weight is 880 g/mol. The molecule has 3 nitrogen and oxygen atoms in total. The molecule has 8 aliphatic rings. The Balaban J connectivity index is 1.07. The Bertz CT molecular complexity index is 2730. The van der Waals surface area contributed by atoms with Gasteiger partial charge in [0.05, 0.1) is 5.69 Å². The van der Waals surface area contributed by atoms with Crippen molar-refractivity contribution in [2.75, 3.05) is 0 Å². The highest BCUT2D eigenvalue weighted by Gasteiger charge is 2.70. The first-order chi connectivity index (χ1) is 30.9. The highest BCUT2D eigenvalue weighted by Crippen LogP contribution is 2.79. The molecule has 3 heteroatoms. The molecule has 0 amide bonds. The third kappa shape index (κ3) is 6.72. The fourth-order valence-electron chi connectivity index (χ4n) is 19.6. The van der Waals surface area contributed by atoms with Gasteiger partial charge in [-0.25, -0.2) is 0 Å². The van der Waals surface area contributed by atoms with Crippen LogP contribution >= 0.6 is 0 Å². The quantitative estimate of drug-likeness (QED) is 0.163. The molecule has 0 saturated heterocycles. The van der Waals surface area contributed by atoms with Gasteiger partial charge >= 0.3 is 0 Å². The number of benzene rings is 4. The standard InChI is InChI=1S/C63H77NO2/c1-38(2)42-16-18-43(19-17-42)46-22-40(5)25-50(53(46)65)63-36-59(10)30-60(11,37-63)32-61(12,31-59)55(63)52-15-13-14-51(64-52)47-26-44(39(3)4)20-21-45(47)48-23-41(6)24-49(54(48)66)62-33-56(7)27-57(8,34-62)29-58(9,28-56)35-62/h13-26,38-39,55,65-66H,27-37H2,1-12H3/t55?,56?,57?,58?,59-,60-,61?,62?,63?/m1/s1. The van der Waals surface area contributed by atoms with Crippen LogP contribution in [0.3, 0.4) is 0 Å². The van der Waals surface area contributed by atoms with Gasteiger partial charge in [-0.1, -0.05) is 124 Å². The van der Waals surface area contributed by atoms with Crippen LogP contribution in [-0.2, 0) is 10.8 Å². The fraction of sp³-hybridized carbons (Fsp3) is 0.540. The maximum Gasteiger partial charge on any atom is 0.127 e. The molecule has 13 rings (SSSR count). The predicted molar refractivity (Wildman–Crippen MR) is 273 cm³/mol. The molecule has 3 atom stereocenters. The van der Waals surface area contributed by atoms with Crippen LogP contribution in [0.2, 0.25) is 0 Å². The minimum atomic E-state index is -0.296. The average Bonchev–Trinajstić information content (AvgIpc) is 3.19. The lowest BCUT2D eigenvalue weighted by atomic mass is 9.31. The van der Waals surface area contributed by atoms with Crippen LogP contribution in [0.1, 0.15) is 197 Å². The summed E-state index contributed by atoms with van der Waals surface area (Å²) in [6.07, 6.45) is 13.0. The summed E-state index contributed by atoms with van der Waals surface area (Å²) in [5, 5.41) is 25.7. The van der Waals surface area contributed by atoms with E-state index in [1.165, 1.54) is 53.5 Å². The van der Waals surface area contributed by atoms with Crippen molar-refractivity contribution in [1.29, 1.82) is 0 Å². The molecule has 8 fully saturated rings. The number of hydrogen-bond donors (Lipinski definition) is 2. The first-order valence-electron chi connectivity index (χ1n) is 25.8. The lowest BCUT2D eigenvalue weighted by molar-refractivity contribution is -0.170. The number of pyridine rings is 1. The van der Waals surface area contributed by atoms with Crippen molar-refractivity contribution in [3.8, 4) is 45.0 Å². The lowest BCUT2D eigenvalue weighted by Gasteiger charge is -2.72. The Morgan fingerprint density at radius 3 is 1.55 bits per heavy atom. The number of hydrogen-bond acceptors (Lipinski definition) is 3. The normalized spacial score (nSPS) is 36.2. The Labute approximate surface area is 397 Å². The van der Waals surface area contributed by atoms with Crippen LogP contribution in [-0.4, -0.2) is 15.2 Å². The maximum absolute atomic E-state index is 12.9. The third-order valence-electron chi connectivity index (χ3n) is 19.0. The van der Waals surface area contributed by atoms with Crippen LogP contribution in [0.25, 0.3) is 33.5 Å². The van der Waals surface area contributed by atoms with E-state index in [1.807, 2.05) is 0 Å².